The van der Waals surface area contributed by atoms with Gasteiger partial charge in [-0.25, -0.2) is 0 Å². The Kier molecular flexibility index (Phi) is 7.44. The van der Waals surface area contributed by atoms with Crippen LogP contribution in [0, 0.1) is 12.8 Å². The Balaban J connectivity index is 1.14. The van der Waals surface area contributed by atoms with E-state index in [1.54, 1.807) is 31.3 Å². The van der Waals surface area contributed by atoms with Crippen molar-refractivity contribution in [1.29, 1.82) is 0 Å². The Hall–Kier alpha value is -3.72. The average Bonchev–Trinajstić information content (AvgIpc) is 2.91. The van der Waals surface area contributed by atoms with Crippen LogP contribution >= 0.6 is 11.6 Å². The Morgan fingerprint density at radius 3 is 2.44 bits per heavy atom. The molecule has 3 heterocycles. The first-order valence-electron chi connectivity index (χ1n) is 12.7. The van der Waals surface area contributed by atoms with Gasteiger partial charge in [0, 0.05) is 48.0 Å². The summed E-state index contributed by atoms with van der Waals surface area (Å²) in [7, 11) is 0. The van der Waals surface area contributed by atoms with E-state index in [0.29, 0.717) is 35.2 Å². The molecule has 2 aliphatic rings. The van der Waals surface area contributed by atoms with Crippen molar-refractivity contribution in [2.75, 3.05) is 26.2 Å². The van der Waals surface area contributed by atoms with Crippen LogP contribution in [0.1, 0.15) is 44.7 Å². The first-order chi connectivity index (χ1) is 18.6. The molecule has 2 aliphatic heterocycles. The molecule has 39 heavy (non-hydrogen) atoms. The van der Waals surface area contributed by atoms with Crippen LogP contribution in [0.25, 0.3) is 11.3 Å². The van der Waals surface area contributed by atoms with Crippen molar-refractivity contribution in [3.8, 4) is 11.3 Å². The van der Waals surface area contributed by atoms with Crippen molar-refractivity contribution >= 4 is 35.3 Å². The molecule has 0 aliphatic carbocycles. The van der Waals surface area contributed by atoms with Crippen LogP contribution < -0.4 is 5.32 Å². The number of benzene rings is 2. The largest absolute Gasteiger partial charge is 0.405 e. The van der Waals surface area contributed by atoms with Crippen molar-refractivity contribution in [1.82, 2.24) is 15.2 Å². The summed E-state index contributed by atoms with van der Waals surface area (Å²) in [6, 6.07) is 14.4. The quantitative estimate of drug-likeness (QED) is 0.401. The molecule has 2 aromatic carbocycles. The van der Waals surface area contributed by atoms with Gasteiger partial charge in [0.25, 0.3) is 11.8 Å². The molecule has 0 spiro atoms. The molecule has 10 heteroatoms. The zero-order valence-corrected chi connectivity index (χ0v) is 22.0. The maximum Gasteiger partial charge on any atom is 0.405 e. The lowest BCUT2D eigenvalue weighted by atomic mass is 9.92. The summed E-state index contributed by atoms with van der Waals surface area (Å²) in [6.07, 6.45) is 0.827. The standard InChI is InChI=1S/C29H26ClF3N4O2/c1-18-23(27(38)35-17-29(31,32)33)7-9-26-24(18)16-37(26)15-19-10-12-36(13-11-19)28(39)21-4-2-20(3-5-21)25-8-6-22(30)14-34-25/h2-9,14,16,19H,10-13,15,17H2,1H3/p+1. The summed E-state index contributed by atoms with van der Waals surface area (Å²) >= 11 is 5.91. The van der Waals surface area contributed by atoms with Crippen LogP contribution in [0.3, 0.4) is 0 Å². The second-order valence-electron chi connectivity index (χ2n) is 9.92. The summed E-state index contributed by atoms with van der Waals surface area (Å²) in [6.45, 7) is 2.52. The Bertz CT molecular complexity index is 1430. The first-order valence-corrected chi connectivity index (χ1v) is 13.1. The van der Waals surface area contributed by atoms with Gasteiger partial charge in [-0.1, -0.05) is 23.7 Å². The van der Waals surface area contributed by atoms with E-state index in [2.05, 4.69) is 9.56 Å². The van der Waals surface area contributed by atoms with Gasteiger partial charge in [0.2, 0.25) is 5.69 Å². The average molecular weight is 556 g/mol. The predicted octanol–water partition coefficient (Wildman–Crippen LogP) is 5.63. The van der Waals surface area contributed by atoms with Crippen LogP contribution in [0.2, 0.25) is 5.02 Å². The van der Waals surface area contributed by atoms with Crippen LogP contribution in [0.4, 0.5) is 18.9 Å². The summed E-state index contributed by atoms with van der Waals surface area (Å²) in [5.41, 5.74) is 5.10. The summed E-state index contributed by atoms with van der Waals surface area (Å²) < 4.78 is 39.4. The van der Waals surface area contributed by atoms with Crippen molar-refractivity contribution in [2.45, 2.75) is 25.9 Å². The maximum atomic E-state index is 13.1. The van der Waals surface area contributed by atoms with Crippen molar-refractivity contribution in [2.24, 2.45) is 5.92 Å². The fraction of sp³-hybridized carbons (Fsp3) is 0.310. The number of rotatable bonds is 6. The highest BCUT2D eigenvalue weighted by molar-refractivity contribution is 6.30. The molecule has 1 aromatic heterocycles. The SMILES string of the molecule is Cc1c(C(=O)NCC(F)(F)F)ccc2c1C=[N+]2CC1CCN(C(=O)c2ccc(-c3ccc(Cl)cn3)cc2)CC1. The highest BCUT2D eigenvalue weighted by Gasteiger charge is 2.34. The summed E-state index contributed by atoms with van der Waals surface area (Å²) in [5, 5.41) is 2.50. The highest BCUT2D eigenvalue weighted by Crippen LogP contribution is 2.32. The number of amides is 2. The minimum Gasteiger partial charge on any atom is -0.343 e. The third kappa shape index (κ3) is 5.98. The van der Waals surface area contributed by atoms with E-state index in [-0.39, 0.29) is 11.5 Å². The van der Waals surface area contributed by atoms with E-state index < -0.39 is 18.6 Å². The predicted molar refractivity (Wildman–Crippen MR) is 143 cm³/mol. The van der Waals surface area contributed by atoms with E-state index in [4.69, 9.17) is 11.6 Å². The smallest absolute Gasteiger partial charge is 0.343 e. The molecular formula is C29H27ClF3N4O2+. The topological polar surface area (TPSA) is 65.3 Å². The van der Waals surface area contributed by atoms with Gasteiger partial charge in [0.1, 0.15) is 12.1 Å². The normalized spacial score (nSPS) is 15.3. The Morgan fingerprint density at radius 1 is 1.08 bits per heavy atom. The number of fused-ring (bicyclic) bond motifs is 1. The molecule has 0 saturated carbocycles. The number of likely N-dealkylation sites (tertiary alicyclic amines) is 1. The molecule has 0 bridgehead atoms. The van der Waals surface area contributed by atoms with E-state index in [1.165, 1.54) is 0 Å². The second kappa shape index (κ2) is 10.8. The number of nitrogens with zero attached hydrogens (tertiary/aromatic N) is 3. The van der Waals surface area contributed by atoms with Crippen LogP contribution in [0.15, 0.2) is 54.7 Å². The fourth-order valence-electron chi connectivity index (χ4n) is 5.07. The zero-order valence-electron chi connectivity index (χ0n) is 21.3. The minimum atomic E-state index is -4.45. The van der Waals surface area contributed by atoms with E-state index in [0.717, 1.165) is 41.9 Å². The van der Waals surface area contributed by atoms with Gasteiger partial charge in [0.05, 0.1) is 10.7 Å². The van der Waals surface area contributed by atoms with Crippen molar-refractivity contribution < 1.29 is 27.3 Å². The molecule has 2 amide bonds. The van der Waals surface area contributed by atoms with Gasteiger partial charge >= 0.3 is 6.18 Å². The number of halogens is 4. The summed E-state index contributed by atoms with van der Waals surface area (Å²) in [4.78, 5) is 31.5. The lowest BCUT2D eigenvalue weighted by Gasteiger charge is -2.32. The maximum absolute atomic E-state index is 13.1. The van der Waals surface area contributed by atoms with Gasteiger partial charge in [-0.15, -0.1) is 0 Å². The highest BCUT2D eigenvalue weighted by atomic mass is 35.5. The van der Waals surface area contributed by atoms with E-state index >= 15 is 0 Å². The third-order valence-corrected chi connectivity index (χ3v) is 7.52. The number of hydrogen-bond acceptors (Lipinski definition) is 3. The third-order valence-electron chi connectivity index (χ3n) is 7.29. The number of aromatic nitrogens is 1. The molecular weight excluding hydrogens is 529 g/mol. The van der Waals surface area contributed by atoms with Crippen LogP contribution in [0.5, 0.6) is 0 Å². The number of hydrogen-bond donors (Lipinski definition) is 1. The lowest BCUT2D eigenvalue weighted by Crippen LogP contribution is -2.40. The number of carbonyl (C=O) groups excluding carboxylic acids is 2. The Morgan fingerprint density at radius 2 is 1.79 bits per heavy atom. The van der Waals surface area contributed by atoms with Crippen molar-refractivity contribution in [3.63, 3.8) is 0 Å². The molecule has 1 fully saturated rings. The molecule has 5 rings (SSSR count). The number of alkyl halides is 3. The van der Waals surface area contributed by atoms with Crippen LogP contribution in [-0.2, 0) is 0 Å². The molecule has 6 nitrogen and oxygen atoms in total. The lowest BCUT2D eigenvalue weighted by molar-refractivity contribution is -0.456. The van der Waals surface area contributed by atoms with E-state index in [1.807, 2.05) is 46.8 Å². The first kappa shape index (κ1) is 26.9. The minimum absolute atomic E-state index is 0.0110. The molecule has 1 N–H and O–H groups in total. The van der Waals surface area contributed by atoms with Crippen LogP contribution in [-0.4, -0.2) is 64.8 Å². The molecule has 3 aromatic rings. The van der Waals surface area contributed by atoms with Gasteiger partial charge in [0.15, 0.2) is 12.8 Å². The van der Waals surface area contributed by atoms with Gasteiger partial charge in [-0.05, 0) is 55.7 Å². The summed E-state index contributed by atoms with van der Waals surface area (Å²) in [5.74, 6) is -0.323. The van der Waals surface area contributed by atoms with E-state index in [9.17, 15) is 22.8 Å². The number of pyridine rings is 1. The fourth-order valence-corrected chi connectivity index (χ4v) is 5.18. The molecule has 202 valence electrons. The molecule has 0 atom stereocenters. The number of carbonyl (C=O) groups is 2. The molecule has 1 saturated heterocycles. The zero-order chi connectivity index (χ0) is 27.7. The van der Waals surface area contributed by atoms with Gasteiger partial charge < -0.3 is 10.2 Å². The molecule has 0 unspecified atom stereocenters. The van der Waals surface area contributed by atoms with Crippen molar-refractivity contribution in [3.05, 3.63) is 82.0 Å². The van der Waals surface area contributed by atoms with Gasteiger partial charge in [-0.3, -0.25) is 14.6 Å². The molecule has 0 radical (unpaired) electrons. The number of nitrogens with one attached hydrogen (secondary N) is 1. The van der Waals surface area contributed by atoms with Gasteiger partial charge in [-0.2, -0.15) is 17.7 Å². The second-order valence-corrected chi connectivity index (χ2v) is 10.4. The Labute approximate surface area is 229 Å². The monoisotopic (exact) mass is 555 g/mol. The number of piperidine rings is 1.